The van der Waals surface area contributed by atoms with E-state index in [4.69, 9.17) is 0 Å². The third-order valence-corrected chi connectivity index (χ3v) is 6.80. The van der Waals surface area contributed by atoms with Gasteiger partial charge in [0.25, 0.3) is 0 Å². The highest BCUT2D eigenvalue weighted by molar-refractivity contribution is 5.77. The van der Waals surface area contributed by atoms with Crippen LogP contribution in [0.2, 0.25) is 0 Å². The van der Waals surface area contributed by atoms with Gasteiger partial charge < -0.3 is 10.2 Å². The van der Waals surface area contributed by atoms with Gasteiger partial charge in [0, 0.05) is 30.3 Å². The van der Waals surface area contributed by atoms with Crippen LogP contribution in [-0.2, 0) is 0 Å². The molecule has 144 valence electrons. The van der Waals surface area contributed by atoms with Crippen LogP contribution in [0.15, 0.2) is 52.9 Å². The van der Waals surface area contributed by atoms with Gasteiger partial charge in [0.15, 0.2) is 0 Å². The van der Waals surface area contributed by atoms with E-state index in [1.54, 1.807) is 6.08 Å². The van der Waals surface area contributed by atoms with Gasteiger partial charge in [-0.2, -0.15) is 0 Å². The molecule has 5 rings (SSSR count). The summed E-state index contributed by atoms with van der Waals surface area (Å²) in [6.07, 6.45) is 13.1. The summed E-state index contributed by atoms with van der Waals surface area (Å²) in [6.45, 7) is 2.35. The van der Waals surface area contributed by atoms with Gasteiger partial charge in [-0.25, -0.2) is 4.39 Å². The van der Waals surface area contributed by atoms with Crippen molar-refractivity contribution in [3.05, 3.63) is 53.5 Å². The van der Waals surface area contributed by atoms with Crippen molar-refractivity contribution >= 4 is 11.9 Å². The normalized spacial score (nSPS) is 27.5. The number of allylic oxidation sites excluding steroid dienone is 2. The Balaban J connectivity index is 1.22. The quantitative estimate of drug-likeness (QED) is 0.729. The molecule has 2 atom stereocenters. The Hall–Kier alpha value is -2.54. The smallest absolute Gasteiger partial charge is 0.137 e. The number of fused-ring (bicyclic) bond motifs is 1. The molecular formula is C24H26FN3. The van der Waals surface area contributed by atoms with E-state index in [9.17, 15) is 4.39 Å². The van der Waals surface area contributed by atoms with E-state index in [1.165, 1.54) is 63.5 Å². The Morgan fingerprint density at radius 2 is 1.75 bits per heavy atom. The molecule has 4 aliphatic rings. The van der Waals surface area contributed by atoms with Crippen LogP contribution in [-0.4, -0.2) is 25.5 Å². The highest BCUT2D eigenvalue weighted by Crippen LogP contribution is 2.46. The summed E-state index contributed by atoms with van der Waals surface area (Å²) in [6, 6.07) is 8.58. The maximum Gasteiger partial charge on any atom is 0.137 e. The Labute approximate surface area is 166 Å². The van der Waals surface area contributed by atoms with Crippen molar-refractivity contribution in [2.24, 2.45) is 16.3 Å². The predicted octanol–water partition coefficient (Wildman–Crippen LogP) is 4.57. The summed E-state index contributed by atoms with van der Waals surface area (Å²) >= 11 is 0. The largest absolute Gasteiger partial charge is 0.371 e. The molecule has 1 aromatic carbocycles. The molecule has 3 aliphatic heterocycles. The highest BCUT2D eigenvalue weighted by atomic mass is 19.1. The molecule has 1 saturated carbocycles. The van der Waals surface area contributed by atoms with E-state index in [1.807, 2.05) is 6.08 Å². The van der Waals surface area contributed by atoms with Gasteiger partial charge in [0.1, 0.15) is 12.0 Å². The molecule has 1 spiro atoms. The maximum atomic E-state index is 13.3. The van der Waals surface area contributed by atoms with Crippen LogP contribution in [0.3, 0.4) is 0 Å². The van der Waals surface area contributed by atoms with Crippen molar-refractivity contribution in [1.82, 2.24) is 5.32 Å². The summed E-state index contributed by atoms with van der Waals surface area (Å²) in [7, 11) is 0. The highest BCUT2D eigenvalue weighted by Gasteiger charge is 2.36. The fraction of sp³-hybridized carbons (Fsp3) is 0.458. The molecule has 1 N–H and O–H groups in total. The second-order valence-electron chi connectivity index (χ2n) is 8.57. The van der Waals surface area contributed by atoms with Crippen LogP contribution in [0, 0.1) is 23.2 Å². The van der Waals surface area contributed by atoms with Crippen LogP contribution in [0.1, 0.15) is 44.1 Å². The summed E-state index contributed by atoms with van der Waals surface area (Å²) in [5, 5.41) is 3.24. The van der Waals surface area contributed by atoms with Gasteiger partial charge in [0.2, 0.25) is 0 Å². The average molecular weight is 375 g/mol. The van der Waals surface area contributed by atoms with Crippen molar-refractivity contribution < 1.29 is 4.39 Å². The van der Waals surface area contributed by atoms with Crippen molar-refractivity contribution in [3.63, 3.8) is 0 Å². The lowest BCUT2D eigenvalue weighted by Gasteiger charge is -2.40. The fourth-order valence-corrected chi connectivity index (χ4v) is 5.08. The SMILES string of the molecule is FC1=CC2C=C(C#Cc3ccc(N4CCC5(CCCC5)CC4)cc3)NC2N=C1. The summed E-state index contributed by atoms with van der Waals surface area (Å²) in [4.78, 5) is 6.68. The average Bonchev–Trinajstić information content (AvgIpc) is 3.34. The van der Waals surface area contributed by atoms with Crippen molar-refractivity contribution in [3.8, 4) is 11.8 Å². The molecule has 28 heavy (non-hydrogen) atoms. The molecule has 1 saturated heterocycles. The Kier molecular flexibility index (Phi) is 4.47. The van der Waals surface area contributed by atoms with E-state index in [2.05, 4.69) is 51.3 Å². The van der Waals surface area contributed by atoms with Crippen LogP contribution in [0.5, 0.6) is 0 Å². The third kappa shape index (κ3) is 3.46. The van der Waals surface area contributed by atoms with Crippen molar-refractivity contribution in [2.45, 2.75) is 44.7 Å². The number of nitrogens with one attached hydrogen (secondary N) is 1. The van der Waals surface area contributed by atoms with Crippen LogP contribution in [0.4, 0.5) is 10.1 Å². The molecule has 4 heteroatoms. The number of rotatable bonds is 1. The summed E-state index contributed by atoms with van der Waals surface area (Å²) in [5.74, 6) is 6.05. The van der Waals surface area contributed by atoms with Gasteiger partial charge in [-0.05, 0) is 73.4 Å². The zero-order chi connectivity index (χ0) is 19.0. The molecule has 3 heterocycles. The molecule has 0 bridgehead atoms. The molecule has 0 aromatic heterocycles. The van der Waals surface area contributed by atoms with Gasteiger partial charge in [-0.3, -0.25) is 4.99 Å². The lowest BCUT2D eigenvalue weighted by atomic mass is 9.77. The fourth-order valence-electron chi connectivity index (χ4n) is 5.08. The number of nitrogens with zero attached hydrogens (tertiary/aromatic N) is 2. The van der Waals surface area contributed by atoms with E-state index in [0.29, 0.717) is 5.41 Å². The Morgan fingerprint density at radius 3 is 2.50 bits per heavy atom. The monoisotopic (exact) mass is 375 g/mol. The summed E-state index contributed by atoms with van der Waals surface area (Å²) < 4.78 is 13.3. The molecule has 2 fully saturated rings. The molecule has 2 unspecified atom stereocenters. The lowest BCUT2D eigenvalue weighted by molar-refractivity contribution is 0.226. The second kappa shape index (κ2) is 7.13. The Morgan fingerprint density at radius 1 is 1.00 bits per heavy atom. The van der Waals surface area contributed by atoms with Crippen LogP contribution in [0.25, 0.3) is 0 Å². The molecule has 0 radical (unpaired) electrons. The number of piperidine rings is 1. The first-order chi connectivity index (χ1) is 13.7. The number of dihydropyridines is 1. The zero-order valence-electron chi connectivity index (χ0n) is 16.1. The lowest BCUT2D eigenvalue weighted by Crippen LogP contribution is -2.38. The first-order valence-corrected chi connectivity index (χ1v) is 10.5. The number of hydrogen-bond donors (Lipinski definition) is 1. The van der Waals surface area contributed by atoms with Crippen LogP contribution < -0.4 is 10.2 Å². The van der Waals surface area contributed by atoms with Gasteiger partial charge in [0.05, 0.1) is 11.9 Å². The number of benzene rings is 1. The second-order valence-corrected chi connectivity index (χ2v) is 8.57. The van der Waals surface area contributed by atoms with E-state index in [-0.39, 0.29) is 17.9 Å². The number of hydrogen-bond acceptors (Lipinski definition) is 3. The predicted molar refractivity (Wildman–Crippen MR) is 112 cm³/mol. The molecule has 1 aliphatic carbocycles. The molecule has 3 nitrogen and oxygen atoms in total. The zero-order valence-corrected chi connectivity index (χ0v) is 16.1. The van der Waals surface area contributed by atoms with Gasteiger partial charge in [-0.1, -0.05) is 18.8 Å². The standard InChI is InChI=1S/C24H26FN3/c25-20-15-19-16-21(27-23(19)26-17-20)6-3-18-4-7-22(8-5-18)28-13-11-24(12-14-28)9-1-2-10-24/h4-5,7-8,15-17,19,23,27H,1-2,9-14H2. The van der Waals surface area contributed by atoms with Crippen molar-refractivity contribution in [1.29, 1.82) is 0 Å². The number of halogens is 1. The first-order valence-electron chi connectivity index (χ1n) is 10.5. The van der Waals surface area contributed by atoms with Gasteiger partial charge in [-0.15, -0.1) is 0 Å². The molecule has 0 amide bonds. The van der Waals surface area contributed by atoms with Gasteiger partial charge >= 0.3 is 0 Å². The minimum Gasteiger partial charge on any atom is -0.371 e. The first kappa shape index (κ1) is 17.6. The Bertz CT molecular complexity index is 884. The number of anilines is 1. The summed E-state index contributed by atoms with van der Waals surface area (Å²) in [5.41, 5.74) is 3.77. The maximum absolute atomic E-state index is 13.3. The third-order valence-electron chi connectivity index (χ3n) is 6.80. The van der Waals surface area contributed by atoms with E-state index >= 15 is 0 Å². The van der Waals surface area contributed by atoms with Crippen LogP contribution >= 0.6 is 0 Å². The topological polar surface area (TPSA) is 27.6 Å². The minimum absolute atomic E-state index is 0.0426. The van der Waals surface area contributed by atoms with E-state index in [0.717, 1.165) is 11.3 Å². The number of aliphatic imine (C=N–C) groups is 1. The molecular weight excluding hydrogens is 349 g/mol. The minimum atomic E-state index is -0.277. The molecule has 1 aromatic rings. The van der Waals surface area contributed by atoms with Crippen molar-refractivity contribution in [2.75, 3.05) is 18.0 Å². The van der Waals surface area contributed by atoms with E-state index < -0.39 is 0 Å².